The van der Waals surface area contributed by atoms with Crippen molar-refractivity contribution in [2.45, 2.75) is 31.7 Å². The molecule has 1 aliphatic rings. The summed E-state index contributed by atoms with van der Waals surface area (Å²) in [4.78, 5) is 18.5. The molecule has 132 valence electrons. The normalized spacial score (nSPS) is 13.3. The zero-order chi connectivity index (χ0) is 17.8. The maximum Gasteiger partial charge on any atom is 0.321 e. The molecule has 2 N–H and O–H groups in total. The molecule has 0 unspecified atom stereocenters. The minimum Gasteiger partial charge on any atom is -0.327 e. The van der Waals surface area contributed by atoms with Crippen LogP contribution in [0.3, 0.4) is 0 Å². The number of amides is 2. The average molecular weight is 363 g/mol. The summed E-state index contributed by atoms with van der Waals surface area (Å²) >= 11 is 1.60. The van der Waals surface area contributed by atoms with Crippen molar-refractivity contribution in [1.29, 1.82) is 0 Å². The summed E-state index contributed by atoms with van der Waals surface area (Å²) in [5.74, 6) is 0. The summed E-state index contributed by atoms with van der Waals surface area (Å²) in [6.07, 6.45) is 4.50. The maximum absolute atomic E-state index is 12.6. The second kappa shape index (κ2) is 7.70. The number of carbonyl (C=O) groups is 1. The van der Waals surface area contributed by atoms with Gasteiger partial charge in [0.2, 0.25) is 0 Å². The lowest BCUT2D eigenvalue weighted by molar-refractivity contribution is 0.250. The zero-order valence-electron chi connectivity index (χ0n) is 14.4. The molecule has 3 aromatic rings. The summed E-state index contributed by atoms with van der Waals surface area (Å²) in [6, 6.07) is 19.6. The van der Waals surface area contributed by atoms with Crippen molar-refractivity contribution >= 4 is 22.5 Å². The van der Waals surface area contributed by atoms with Crippen molar-refractivity contribution in [3.8, 4) is 0 Å². The van der Waals surface area contributed by atoms with Crippen LogP contribution in [0.1, 0.15) is 40.6 Å². The first-order chi connectivity index (χ1) is 12.8. The predicted octanol–water partition coefficient (Wildman–Crippen LogP) is 4.93. The molecule has 0 spiro atoms. The van der Waals surface area contributed by atoms with E-state index in [0.717, 1.165) is 29.7 Å². The number of aromatic nitrogens is 1. The summed E-state index contributed by atoms with van der Waals surface area (Å²) in [6.45, 7) is 0. The monoisotopic (exact) mass is 363 g/mol. The summed E-state index contributed by atoms with van der Waals surface area (Å²) in [5, 5.41) is 6.71. The molecule has 0 saturated carbocycles. The summed E-state index contributed by atoms with van der Waals surface area (Å²) in [7, 11) is 0. The van der Waals surface area contributed by atoms with Crippen molar-refractivity contribution in [2.24, 2.45) is 0 Å². The molecule has 5 heteroatoms. The molecular weight excluding hydrogens is 342 g/mol. The van der Waals surface area contributed by atoms with Crippen LogP contribution in [0.2, 0.25) is 0 Å². The van der Waals surface area contributed by atoms with Crippen LogP contribution in [0.5, 0.6) is 0 Å². The zero-order valence-corrected chi connectivity index (χ0v) is 15.3. The number of carbonyl (C=O) groups excluding carboxylic acids is 1. The number of aryl methyl sites for hydroxylation is 2. The lowest BCUT2D eigenvalue weighted by Crippen LogP contribution is -2.33. The Morgan fingerprint density at radius 1 is 0.923 bits per heavy atom. The number of rotatable bonds is 4. The highest BCUT2D eigenvalue weighted by Crippen LogP contribution is 2.29. The minimum absolute atomic E-state index is 0.202. The Morgan fingerprint density at radius 3 is 2.15 bits per heavy atom. The predicted molar refractivity (Wildman–Crippen MR) is 106 cm³/mol. The molecule has 0 atom stereocenters. The Kier molecular flexibility index (Phi) is 4.97. The molecule has 1 heterocycles. The Hall–Kier alpha value is -2.66. The van der Waals surface area contributed by atoms with Crippen molar-refractivity contribution in [2.75, 3.05) is 5.32 Å². The second-order valence-electron chi connectivity index (χ2n) is 6.45. The van der Waals surface area contributed by atoms with Gasteiger partial charge in [-0.3, -0.25) is 5.32 Å². The Balaban J connectivity index is 1.52. The standard InChI is InChI=1S/C21H21N3OS/c25-20(24-21-22-17-13-7-8-14-18(17)26-21)23-19(15-9-3-1-4-10-15)16-11-5-2-6-12-16/h1-6,9-12,19H,7-8,13-14H2,(H2,22,23,24,25). The van der Waals surface area contributed by atoms with E-state index >= 15 is 0 Å². The van der Waals surface area contributed by atoms with Crippen LogP contribution >= 0.6 is 11.3 Å². The van der Waals surface area contributed by atoms with Gasteiger partial charge in [0.15, 0.2) is 5.13 Å². The SMILES string of the molecule is O=C(Nc1nc2c(s1)CCCC2)NC(c1ccccc1)c1ccccc1. The third-order valence-electron chi connectivity index (χ3n) is 4.61. The van der Waals surface area contributed by atoms with E-state index in [1.54, 1.807) is 11.3 Å². The largest absolute Gasteiger partial charge is 0.327 e. The molecule has 0 radical (unpaired) electrons. The average Bonchev–Trinajstić information content (AvgIpc) is 3.09. The van der Waals surface area contributed by atoms with Gasteiger partial charge >= 0.3 is 6.03 Å². The molecule has 1 aromatic heterocycles. The fourth-order valence-corrected chi connectivity index (χ4v) is 4.36. The first-order valence-electron chi connectivity index (χ1n) is 8.95. The molecule has 2 aromatic carbocycles. The van der Waals surface area contributed by atoms with Crippen molar-refractivity contribution in [3.63, 3.8) is 0 Å². The fraction of sp³-hybridized carbons (Fsp3) is 0.238. The van der Waals surface area contributed by atoms with E-state index in [1.165, 1.54) is 17.7 Å². The summed E-state index contributed by atoms with van der Waals surface area (Å²) in [5.41, 5.74) is 3.25. The van der Waals surface area contributed by atoms with Crippen LogP contribution in [0, 0.1) is 0 Å². The van der Waals surface area contributed by atoms with E-state index in [1.807, 2.05) is 60.7 Å². The van der Waals surface area contributed by atoms with Gasteiger partial charge < -0.3 is 5.32 Å². The van der Waals surface area contributed by atoms with Crippen LogP contribution < -0.4 is 10.6 Å². The van der Waals surface area contributed by atoms with Crippen molar-refractivity contribution < 1.29 is 4.79 Å². The van der Waals surface area contributed by atoms with Crippen molar-refractivity contribution in [3.05, 3.63) is 82.4 Å². The highest BCUT2D eigenvalue weighted by atomic mass is 32.1. The molecule has 4 nitrogen and oxygen atoms in total. The third kappa shape index (κ3) is 3.78. The minimum atomic E-state index is -0.228. The Morgan fingerprint density at radius 2 is 1.54 bits per heavy atom. The number of benzene rings is 2. The van der Waals surface area contributed by atoms with Gasteiger partial charge in [0, 0.05) is 4.88 Å². The van der Waals surface area contributed by atoms with Gasteiger partial charge in [0.25, 0.3) is 0 Å². The van der Waals surface area contributed by atoms with E-state index in [2.05, 4.69) is 15.6 Å². The van der Waals surface area contributed by atoms with Crippen LogP contribution in [-0.2, 0) is 12.8 Å². The molecule has 26 heavy (non-hydrogen) atoms. The lowest BCUT2D eigenvalue weighted by Gasteiger charge is -2.19. The maximum atomic E-state index is 12.6. The molecule has 2 amide bonds. The molecule has 0 fully saturated rings. The molecule has 4 rings (SSSR count). The number of urea groups is 1. The highest BCUT2D eigenvalue weighted by Gasteiger charge is 2.19. The van der Waals surface area contributed by atoms with Gasteiger partial charge in [0.05, 0.1) is 11.7 Å². The van der Waals surface area contributed by atoms with Gasteiger partial charge in [-0.1, -0.05) is 60.7 Å². The molecule has 0 aliphatic heterocycles. The highest BCUT2D eigenvalue weighted by molar-refractivity contribution is 7.15. The van der Waals surface area contributed by atoms with Crippen LogP contribution in [0.4, 0.5) is 9.93 Å². The quantitative estimate of drug-likeness (QED) is 0.690. The van der Waals surface area contributed by atoms with Gasteiger partial charge in [-0.05, 0) is 36.8 Å². The smallest absolute Gasteiger partial charge is 0.321 e. The van der Waals surface area contributed by atoms with Crippen LogP contribution in [0.15, 0.2) is 60.7 Å². The van der Waals surface area contributed by atoms with Gasteiger partial charge in [-0.2, -0.15) is 0 Å². The van der Waals surface area contributed by atoms with E-state index < -0.39 is 0 Å². The first-order valence-corrected chi connectivity index (χ1v) is 9.77. The molecule has 1 aliphatic carbocycles. The number of anilines is 1. The van der Waals surface area contributed by atoms with E-state index in [9.17, 15) is 4.79 Å². The first kappa shape index (κ1) is 16.8. The molecule has 0 bridgehead atoms. The van der Waals surface area contributed by atoms with Gasteiger partial charge in [0.1, 0.15) is 0 Å². The van der Waals surface area contributed by atoms with Crippen LogP contribution in [0.25, 0.3) is 0 Å². The topological polar surface area (TPSA) is 54.0 Å². The van der Waals surface area contributed by atoms with E-state index in [4.69, 9.17) is 0 Å². The number of hydrogen-bond acceptors (Lipinski definition) is 3. The Bertz CT molecular complexity index is 814. The van der Waals surface area contributed by atoms with Gasteiger partial charge in [-0.25, -0.2) is 9.78 Å². The van der Waals surface area contributed by atoms with E-state index in [-0.39, 0.29) is 12.1 Å². The number of nitrogens with one attached hydrogen (secondary N) is 2. The van der Waals surface area contributed by atoms with E-state index in [0.29, 0.717) is 5.13 Å². The fourth-order valence-electron chi connectivity index (χ4n) is 3.32. The number of nitrogens with zero attached hydrogens (tertiary/aromatic N) is 1. The number of thiazole rings is 1. The molecular formula is C21H21N3OS. The van der Waals surface area contributed by atoms with Crippen molar-refractivity contribution in [1.82, 2.24) is 10.3 Å². The Labute approximate surface area is 157 Å². The summed E-state index contributed by atoms with van der Waals surface area (Å²) < 4.78 is 0. The second-order valence-corrected chi connectivity index (χ2v) is 7.53. The van der Waals surface area contributed by atoms with Gasteiger partial charge in [-0.15, -0.1) is 11.3 Å². The number of fused-ring (bicyclic) bond motifs is 1. The van der Waals surface area contributed by atoms with Crippen LogP contribution in [-0.4, -0.2) is 11.0 Å². The third-order valence-corrected chi connectivity index (χ3v) is 5.68. The molecule has 0 saturated heterocycles. The number of hydrogen-bond donors (Lipinski definition) is 2. The lowest BCUT2D eigenvalue weighted by atomic mass is 9.99.